The van der Waals surface area contributed by atoms with Crippen LogP contribution in [0.25, 0.3) is 0 Å². The average molecular weight is 217 g/mol. The van der Waals surface area contributed by atoms with E-state index in [0.717, 1.165) is 6.42 Å². The molecule has 0 aliphatic carbocycles. The third kappa shape index (κ3) is 7.86. The Labute approximate surface area is 78.5 Å². The molecule has 0 atom stereocenters. The van der Waals surface area contributed by atoms with Crippen LogP contribution in [0.15, 0.2) is 22.7 Å². The van der Waals surface area contributed by atoms with Crippen molar-refractivity contribution in [3.05, 3.63) is 22.7 Å². The molecule has 0 rings (SSSR count). The van der Waals surface area contributed by atoms with Crippen molar-refractivity contribution in [3.63, 3.8) is 0 Å². The summed E-state index contributed by atoms with van der Waals surface area (Å²) < 4.78 is 1.29. The van der Waals surface area contributed by atoms with Crippen LogP contribution in [0.4, 0.5) is 0 Å². The minimum absolute atomic E-state index is 0.646. The van der Waals surface area contributed by atoms with Gasteiger partial charge in [-0.05, 0) is 16.8 Å². The van der Waals surface area contributed by atoms with E-state index in [-0.39, 0.29) is 0 Å². The van der Waals surface area contributed by atoms with Gasteiger partial charge in [0.05, 0.1) is 0 Å². The molecule has 0 amide bonds. The SMILES string of the molecule is CCC/C(Br)=C\C=C/C(C)C. The monoisotopic (exact) mass is 216 g/mol. The van der Waals surface area contributed by atoms with Crippen molar-refractivity contribution in [1.29, 1.82) is 0 Å². The van der Waals surface area contributed by atoms with E-state index in [0.29, 0.717) is 5.92 Å². The van der Waals surface area contributed by atoms with Crippen LogP contribution in [0, 0.1) is 5.92 Å². The largest absolute Gasteiger partial charge is 0.0819 e. The lowest BCUT2D eigenvalue weighted by Gasteiger charge is -1.93. The lowest BCUT2D eigenvalue weighted by Crippen LogP contribution is -1.75. The Morgan fingerprint density at radius 1 is 1.45 bits per heavy atom. The smallest absolute Gasteiger partial charge is 0.00496 e. The van der Waals surface area contributed by atoms with E-state index in [1.165, 1.54) is 10.9 Å². The maximum absolute atomic E-state index is 3.50. The second kappa shape index (κ2) is 6.66. The van der Waals surface area contributed by atoms with Crippen LogP contribution in [0.1, 0.15) is 33.6 Å². The van der Waals surface area contributed by atoms with Crippen molar-refractivity contribution in [2.75, 3.05) is 0 Å². The molecule has 0 heterocycles. The van der Waals surface area contributed by atoms with Gasteiger partial charge in [0.1, 0.15) is 0 Å². The van der Waals surface area contributed by atoms with Crippen molar-refractivity contribution < 1.29 is 0 Å². The first-order valence-electron chi connectivity index (χ1n) is 4.19. The van der Waals surface area contributed by atoms with E-state index in [4.69, 9.17) is 0 Å². The van der Waals surface area contributed by atoms with E-state index in [1.807, 2.05) is 0 Å². The zero-order valence-electron chi connectivity index (χ0n) is 7.60. The molecule has 0 N–H and O–H groups in total. The Kier molecular flexibility index (Phi) is 6.63. The quantitative estimate of drug-likeness (QED) is 0.616. The Hall–Kier alpha value is -0.0400. The summed E-state index contributed by atoms with van der Waals surface area (Å²) in [4.78, 5) is 0. The van der Waals surface area contributed by atoms with E-state index >= 15 is 0 Å². The molecule has 11 heavy (non-hydrogen) atoms. The van der Waals surface area contributed by atoms with E-state index in [1.54, 1.807) is 0 Å². The van der Waals surface area contributed by atoms with Gasteiger partial charge in [0.2, 0.25) is 0 Å². The molecule has 0 saturated carbocycles. The number of hydrogen-bond acceptors (Lipinski definition) is 0. The Balaban J connectivity index is 3.71. The molecule has 0 spiro atoms. The molecule has 1 heteroatoms. The van der Waals surface area contributed by atoms with Crippen LogP contribution in [-0.4, -0.2) is 0 Å². The number of rotatable bonds is 4. The van der Waals surface area contributed by atoms with E-state index in [9.17, 15) is 0 Å². The molecule has 0 bridgehead atoms. The molecule has 0 aliphatic heterocycles. The molecule has 0 aromatic carbocycles. The highest BCUT2D eigenvalue weighted by molar-refractivity contribution is 9.11. The van der Waals surface area contributed by atoms with Gasteiger partial charge in [-0.1, -0.05) is 61.4 Å². The minimum Gasteiger partial charge on any atom is -0.0819 e. The van der Waals surface area contributed by atoms with Crippen molar-refractivity contribution >= 4 is 15.9 Å². The van der Waals surface area contributed by atoms with Gasteiger partial charge in [0, 0.05) is 0 Å². The summed E-state index contributed by atoms with van der Waals surface area (Å²) in [5.41, 5.74) is 0. The third-order valence-electron chi connectivity index (χ3n) is 1.26. The summed E-state index contributed by atoms with van der Waals surface area (Å²) in [5.74, 6) is 0.646. The summed E-state index contributed by atoms with van der Waals surface area (Å²) in [6, 6.07) is 0. The van der Waals surface area contributed by atoms with Gasteiger partial charge in [-0.2, -0.15) is 0 Å². The molecular weight excluding hydrogens is 200 g/mol. The van der Waals surface area contributed by atoms with Gasteiger partial charge in [0.15, 0.2) is 0 Å². The lowest BCUT2D eigenvalue weighted by atomic mass is 10.2. The molecule has 64 valence electrons. The number of hydrogen-bond donors (Lipinski definition) is 0. The second-order valence-electron chi connectivity index (χ2n) is 2.99. The zero-order valence-corrected chi connectivity index (χ0v) is 9.19. The second-order valence-corrected chi connectivity index (χ2v) is 4.01. The highest BCUT2D eigenvalue weighted by atomic mass is 79.9. The van der Waals surface area contributed by atoms with Crippen LogP contribution in [0.5, 0.6) is 0 Å². The summed E-state index contributed by atoms with van der Waals surface area (Å²) in [6.45, 7) is 6.54. The molecule has 0 aromatic heterocycles. The van der Waals surface area contributed by atoms with Crippen molar-refractivity contribution in [3.8, 4) is 0 Å². The van der Waals surface area contributed by atoms with E-state index < -0.39 is 0 Å². The van der Waals surface area contributed by atoms with Crippen molar-refractivity contribution in [2.24, 2.45) is 5.92 Å². The van der Waals surface area contributed by atoms with Crippen LogP contribution in [0.2, 0.25) is 0 Å². The fourth-order valence-corrected chi connectivity index (χ4v) is 1.25. The van der Waals surface area contributed by atoms with Gasteiger partial charge in [-0.15, -0.1) is 0 Å². The topological polar surface area (TPSA) is 0 Å². The normalized spacial score (nSPS) is 13.4. The predicted molar refractivity (Wildman–Crippen MR) is 55.9 cm³/mol. The first kappa shape index (κ1) is 11.0. The maximum atomic E-state index is 3.50. The summed E-state index contributed by atoms with van der Waals surface area (Å²) in [6.07, 6.45) is 8.78. The van der Waals surface area contributed by atoms with Crippen molar-refractivity contribution in [1.82, 2.24) is 0 Å². The van der Waals surface area contributed by atoms with Gasteiger partial charge < -0.3 is 0 Å². The Morgan fingerprint density at radius 2 is 2.09 bits per heavy atom. The molecule has 0 radical (unpaired) electrons. The molecule has 0 fully saturated rings. The summed E-state index contributed by atoms with van der Waals surface area (Å²) in [5, 5.41) is 0. The van der Waals surface area contributed by atoms with Gasteiger partial charge in [0.25, 0.3) is 0 Å². The van der Waals surface area contributed by atoms with E-state index in [2.05, 4.69) is 54.9 Å². The maximum Gasteiger partial charge on any atom is -0.00496 e. The Bertz CT molecular complexity index is 143. The molecule has 0 aromatic rings. The zero-order chi connectivity index (χ0) is 8.69. The fraction of sp³-hybridized carbons (Fsp3) is 0.600. The predicted octanol–water partition coefficient (Wildman–Crippen LogP) is 4.28. The van der Waals surface area contributed by atoms with Gasteiger partial charge in [-0.3, -0.25) is 0 Å². The standard InChI is InChI=1S/C10H17Br/c1-4-6-10(11)8-5-7-9(2)3/h5,7-9H,4,6H2,1-3H3/b7-5-,10-8+. The highest BCUT2D eigenvalue weighted by Gasteiger charge is 1.86. The first-order valence-corrected chi connectivity index (χ1v) is 4.99. The Morgan fingerprint density at radius 3 is 2.55 bits per heavy atom. The van der Waals surface area contributed by atoms with Crippen LogP contribution >= 0.6 is 15.9 Å². The molecule has 0 nitrogen and oxygen atoms in total. The van der Waals surface area contributed by atoms with Crippen LogP contribution in [-0.2, 0) is 0 Å². The minimum atomic E-state index is 0.646. The highest BCUT2D eigenvalue weighted by Crippen LogP contribution is 2.12. The van der Waals surface area contributed by atoms with Crippen LogP contribution in [0.3, 0.4) is 0 Å². The molecule has 0 unspecified atom stereocenters. The number of allylic oxidation sites excluding steroid dienone is 4. The van der Waals surface area contributed by atoms with Gasteiger partial charge >= 0.3 is 0 Å². The summed E-state index contributed by atoms with van der Waals surface area (Å²) in [7, 11) is 0. The van der Waals surface area contributed by atoms with Crippen LogP contribution < -0.4 is 0 Å². The molecule has 0 aliphatic rings. The van der Waals surface area contributed by atoms with Gasteiger partial charge in [-0.25, -0.2) is 0 Å². The first-order chi connectivity index (χ1) is 5.16. The molecule has 0 saturated heterocycles. The average Bonchev–Trinajstić information content (AvgIpc) is 1.87. The van der Waals surface area contributed by atoms with Crippen molar-refractivity contribution in [2.45, 2.75) is 33.6 Å². The molecular formula is C10H17Br. The fourth-order valence-electron chi connectivity index (χ4n) is 0.704. The third-order valence-corrected chi connectivity index (χ3v) is 1.92. The summed E-state index contributed by atoms with van der Waals surface area (Å²) >= 11 is 3.50. The number of halogens is 1. The lowest BCUT2D eigenvalue weighted by molar-refractivity contribution is 0.831.